The van der Waals surface area contributed by atoms with Crippen LogP contribution in [0.15, 0.2) is 66.3 Å². The quantitative estimate of drug-likeness (QED) is 0.388. The summed E-state index contributed by atoms with van der Waals surface area (Å²) in [4.78, 5) is 22.2. The maximum absolute atomic E-state index is 12.3. The molecule has 0 amide bonds. The Kier molecular flexibility index (Phi) is 8.05. The van der Waals surface area contributed by atoms with Crippen molar-refractivity contribution in [2.45, 2.75) is 6.61 Å². The lowest BCUT2D eigenvalue weighted by molar-refractivity contribution is -0.132. The molecule has 8 heteroatoms. The molecule has 0 bridgehead atoms. The van der Waals surface area contributed by atoms with Gasteiger partial charge in [-0.2, -0.15) is 8.78 Å². The average Bonchev–Trinajstić information content (AvgIpc) is 2.72. The Morgan fingerprint density at radius 3 is 2.45 bits per heavy atom. The monoisotopic (exact) mass is 402 g/mol. The first kappa shape index (κ1) is 21.8. The maximum Gasteiger partial charge on any atom is 0.360 e. The Labute approximate surface area is 167 Å². The number of carbonyl (C=O) groups is 1. The van der Waals surface area contributed by atoms with Gasteiger partial charge < -0.3 is 9.57 Å². The highest BCUT2D eigenvalue weighted by molar-refractivity contribution is 6.43. The molecule has 0 aliphatic carbocycles. The summed E-state index contributed by atoms with van der Waals surface area (Å²) in [6, 6.07) is 13.4. The van der Waals surface area contributed by atoms with Crippen molar-refractivity contribution in [3.05, 3.63) is 83.4 Å². The topological polar surface area (TPSA) is 69.1 Å². The van der Waals surface area contributed by atoms with Gasteiger partial charge in [-0.15, -0.1) is 0 Å². The van der Waals surface area contributed by atoms with Gasteiger partial charge in [-0.1, -0.05) is 60.3 Å². The number of hydrogen-bond acceptors (Lipinski definition) is 6. The minimum Gasteiger partial charge on any atom is -0.464 e. The summed E-state index contributed by atoms with van der Waals surface area (Å²) in [5.74, 6) is -0.643. The zero-order valence-corrected chi connectivity index (χ0v) is 15.9. The van der Waals surface area contributed by atoms with E-state index in [2.05, 4.69) is 17.2 Å². The van der Waals surface area contributed by atoms with E-state index in [-0.39, 0.29) is 12.3 Å². The Bertz CT molecular complexity index is 921. The van der Waals surface area contributed by atoms with Gasteiger partial charge in [-0.3, -0.25) is 10.3 Å². The van der Waals surface area contributed by atoms with Gasteiger partial charge in [0.2, 0.25) is 0 Å². The predicted octanol–water partition coefficient (Wildman–Crippen LogP) is 4.14. The summed E-state index contributed by atoms with van der Waals surface area (Å²) in [6.07, 6.45) is -0.992. The number of hydrogen-bond donors (Lipinski definition) is 1. The van der Waals surface area contributed by atoms with Crippen LogP contribution < -0.4 is 5.48 Å². The number of carbonyl (C=O) groups excluding carboxylic acids is 1. The molecule has 29 heavy (non-hydrogen) atoms. The van der Waals surface area contributed by atoms with Gasteiger partial charge >= 0.3 is 5.97 Å². The molecule has 0 aliphatic rings. The number of methoxy groups -OCH3 is 1. The molecule has 1 N–H and O–H groups in total. The Hall–Kier alpha value is -3.52. The summed E-state index contributed by atoms with van der Waals surface area (Å²) in [6.45, 7) is 3.94. The number of esters is 1. The van der Waals surface area contributed by atoms with Gasteiger partial charge in [-0.25, -0.2) is 4.79 Å². The fraction of sp³-hybridized carbons (Fsp3) is 0.143. The second-order valence-corrected chi connectivity index (χ2v) is 5.70. The first-order valence-electron chi connectivity index (χ1n) is 8.43. The normalized spacial score (nSPS) is 10.8. The summed E-state index contributed by atoms with van der Waals surface area (Å²) >= 11 is 0. The number of oxime groups is 1. The molecule has 0 aliphatic heterocycles. The van der Waals surface area contributed by atoms with E-state index in [1.165, 1.54) is 14.2 Å². The molecule has 0 radical (unpaired) electrons. The van der Waals surface area contributed by atoms with Crippen LogP contribution in [0, 0.1) is 0 Å². The summed E-state index contributed by atoms with van der Waals surface area (Å²) < 4.78 is 29.3. The van der Waals surface area contributed by atoms with Crippen molar-refractivity contribution >= 4 is 23.5 Å². The van der Waals surface area contributed by atoms with Crippen molar-refractivity contribution in [2.24, 2.45) is 5.16 Å². The highest BCUT2D eigenvalue weighted by Crippen LogP contribution is 2.16. The van der Waals surface area contributed by atoms with Crippen LogP contribution in [0.3, 0.4) is 0 Å². The molecular formula is C21H20F2N2O4. The van der Waals surface area contributed by atoms with Crippen molar-refractivity contribution in [2.75, 3.05) is 14.2 Å². The van der Waals surface area contributed by atoms with Crippen LogP contribution >= 0.6 is 0 Å². The smallest absolute Gasteiger partial charge is 0.360 e. The van der Waals surface area contributed by atoms with Crippen molar-refractivity contribution in [1.82, 2.24) is 5.48 Å². The lowest BCUT2D eigenvalue weighted by atomic mass is 10.0. The minimum absolute atomic E-state index is 0.0109. The first-order valence-corrected chi connectivity index (χ1v) is 8.43. The van der Waals surface area contributed by atoms with Gasteiger partial charge in [0.1, 0.15) is 13.7 Å². The molecule has 2 aromatic rings. The Balaban J connectivity index is 2.05. The van der Waals surface area contributed by atoms with Crippen LogP contribution in [0.2, 0.25) is 0 Å². The molecule has 0 aromatic heterocycles. The van der Waals surface area contributed by atoms with Crippen LogP contribution in [0.4, 0.5) is 8.78 Å². The molecule has 0 unspecified atom stereocenters. The van der Waals surface area contributed by atoms with E-state index in [4.69, 9.17) is 14.4 Å². The summed E-state index contributed by atoms with van der Waals surface area (Å²) in [5.41, 5.74) is 5.37. The highest BCUT2D eigenvalue weighted by atomic mass is 19.3. The zero-order valence-electron chi connectivity index (χ0n) is 15.9. The number of halogens is 2. The molecule has 0 saturated carbocycles. The van der Waals surface area contributed by atoms with Crippen molar-refractivity contribution in [3.8, 4) is 0 Å². The third-order valence-corrected chi connectivity index (χ3v) is 3.79. The van der Waals surface area contributed by atoms with E-state index in [0.29, 0.717) is 28.0 Å². The lowest BCUT2D eigenvalue weighted by Gasteiger charge is -2.13. The van der Waals surface area contributed by atoms with Gasteiger partial charge in [-0.05, 0) is 16.7 Å². The lowest BCUT2D eigenvalue weighted by Crippen LogP contribution is -2.20. The SMILES string of the molecule is C=C(NOCc1ccccc1C(=NOC)C(=O)OC)c1ccc(C=C(F)F)cc1. The fourth-order valence-electron chi connectivity index (χ4n) is 2.43. The number of benzene rings is 2. The van der Waals surface area contributed by atoms with E-state index in [9.17, 15) is 13.6 Å². The highest BCUT2D eigenvalue weighted by Gasteiger charge is 2.19. The first-order chi connectivity index (χ1) is 14.0. The number of nitrogens with one attached hydrogen (secondary N) is 1. The molecule has 2 rings (SSSR count). The number of rotatable bonds is 9. The number of hydroxylamine groups is 1. The van der Waals surface area contributed by atoms with Gasteiger partial charge in [0.05, 0.1) is 12.8 Å². The molecule has 0 fully saturated rings. The van der Waals surface area contributed by atoms with Crippen LogP contribution in [0.5, 0.6) is 0 Å². The molecular weight excluding hydrogens is 382 g/mol. The maximum atomic E-state index is 12.3. The van der Waals surface area contributed by atoms with Crippen LogP contribution in [-0.2, 0) is 25.8 Å². The number of nitrogens with zero attached hydrogens (tertiary/aromatic N) is 1. The zero-order chi connectivity index (χ0) is 21.2. The average molecular weight is 402 g/mol. The summed E-state index contributed by atoms with van der Waals surface area (Å²) in [7, 11) is 2.58. The van der Waals surface area contributed by atoms with Crippen LogP contribution in [-0.4, -0.2) is 25.9 Å². The third-order valence-electron chi connectivity index (χ3n) is 3.79. The van der Waals surface area contributed by atoms with Gasteiger partial charge in [0.25, 0.3) is 6.08 Å². The van der Waals surface area contributed by atoms with E-state index >= 15 is 0 Å². The second-order valence-electron chi connectivity index (χ2n) is 5.70. The Morgan fingerprint density at radius 1 is 1.14 bits per heavy atom. The van der Waals surface area contributed by atoms with Crippen molar-refractivity contribution in [3.63, 3.8) is 0 Å². The van der Waals surface area contributed by atoms with E-state index in [1.807, 2.05) is 0 Å². The molecule has 6 nitrogen and oxygen atoms in total. The third kappa shape index (κ3) is 6.25. The molecule has 0 spiro atoms. The predicted molar refractivity (Wildman–Crippen MR) is 106 cm³/mol. The number of ether oxygens (including phenoxy) is 1. The van der Waals surface area contributed by atoms with E-state index < -0.39 is 12.0 Å². The van der Waals surface area contributed by atoms with Crippen LogP contribution in [0.25, 0.3) is 11.8 Å². The van der Waals surface area contributed by atoms with Crippen molar-refractivity contribution in [1.29, 1.82) is 0 Å². The molecule has 2 aromatic carbocycles. The van der Waals surface area contributed by atoms with Gasteiger partial charge in [0, 0.05) is 11.6 Å². The van der Waals surface area contributed by atoms with Gasteiger partial charge in [0.15, 0.2) is 5.71 Å². The van der Waals surface area contributed by atoms with Crippen molar-refractivity contribution < 1.29 is 28.0 Å². The Morgan fingerprint density at radius 2 is 1.83 bits per heavy atom. The molecule has 152 valence electrons. The molecule has 0 saturated heterocycles. The standard InChI is InChI=1S/C21H20F2N2O4/c1-14(16-10-8-15(9-11-16)12-19(22)23)24-29-13-17-6-4-5-7-18(17)20(25-28-3)21(26)27-2/h4-12,24H,1,13H2,2-3H3. The molecule has 0 atom stereocenters. The van der Waals surface area contributed by atoms with E-state index in [0.717, 1.165) is 6.08 Å². The van der Waals surface area contributed by atoms with Crippen LogP contribution in [0.1, 0.15) is 22.3 Å². The molecule has 0 heterocycles. The fourth-order valence-corrected chi connectivity index (χ4v) is 2.43. The minimum atomic E-state index is -1.76. The van der Waals surface area contributed by atoms with E-state index in [1.54, 1.807) is 48.5 Å². The largest absolute Gasteiger partial charge is 0.464 e. The second kappa shape index (κ2) is 10.7. The summed E-state index contributed by atoms with van der Waals surface area (Å²) in [5, 5.41) is 3.74.